The number of amides is 1. The van der Waals surface area contributed by atoms with Crippen LogP contribution < -0.4 is 10.2 Å². The lowest BCUT2D eigenvalue weighted by molar-refractivity contribution is -0.137. The maximum absolute atomic E-state index is 12.7. The van der Waals surface area contributed by atoms with Gasteiger partial charge in [-0.15, -0.1) is 11.3 Å². The number of hydrogen-bond acceptors (Lipinski definition) is 10. The lowest BCUT2D eigenvalue weighted by Gasteiger charge is -2.35. The number of nitrogens with one attached hydrogen (secondary N) is 1. The number of carboxylic acids is 1. The number of unbranched alkanes of at least 4 members (excludes halogenated alkanes) is 1. The zero-order valence-corrected chi connectivity index (χ0v) is 25.6. The Hall–Kier alpha value is -2.93. The Labute approximate surface area is 245 Å². The van der Waals surface area contributed by atoms with Crippen LogP contribution >= 0.6 is 22.7 Å². The fourth-order valence-corrected chi connectivity index (χ4v) is 5.83. The molecule has 0 bridgehead atoms. The molecule has 1 aliphatic rings. The van der Waals surface area contributed by atoms with Crippen LogP contribution in [0.1, 0.15) is 59.2 Å². The second-order valence-corrected chi connectivity index (χ2v) is 11.8. The molecular weight excluding hydrogens is 546 g/mol. The summed E-state index contributed by atoms with van der Waals surface area (Å²) in [4.78, 5) is 44.4. The van der Waals surface area contributed by atoms with Crippen molar-refractivity contribution in [2.45, 2.75) is 53.0 Å². The average molecular weight is 588 g/mol. The van der Waals surface area contributed by atoms with Gasteiger partial charge in [0.05, 0.1) is 18.1 Å². The van der Waals surface area contributed by atoms with Gasteiger partial charge in [-0.3, -0.25) is 19.8 Å². The maximum Gasteiger partial charge on any atom is 0.303 e. The lowest BCUT2D eigenvalue weighted by atomic mass is 10.2. The molecule has 4 heterocycles. The van der Waals surface area contributed by atoms with Gasteiger partial charge >= 0.3 is 5.97 Å². The van der Waals surface area contributed by atoms with Crippen LogP contribution in [0.25, 0.3) is 0 Å². The van der Waals surface area contributed by atoms with E-state index in [2.05, 4.69) is 72.7 Å². The summed E-state index contributed by atoms with van der Waals surface area (Å²) in [7, 11) is 2.10. The SMILES string of the molecule is CCCCN(C)Cc1sc(NC(=O)c2cnc(N3CCN(CCCC(=O)O)CC3)cn2)nc1C.Cc1ccsc1. The van der Waals surface area contributed by atoms with E-state index in [1.54, 1.807) is 17.5 Å². The monoisotopic (exact) mass is 587 g/mol. The predicted molar refractivity (Wildman–Crippen MR) is 163 cm³/mol. The number of thiophene rings is 1. The molecule has 10 nitrogen and oxygen atoms in total. The van der Waals surface area contributed by atoms with Gasteiger partial charge in [-0.25, -0.2) is 15.0 Å². The largest absolute Gasteiger partial charge is 0.481 e. The molecule has 1 fully saturated rings. The molecule has 0 radical (unpaired) electrons. The summed E-state index contributed by atoms with van der Waals surface area (Å²) in [5.74, 6) is -0.329. The van der Waals surface area contributed by atoms with Crippen molar-refractivity contribution in [2.75, 3.05) is 56.5 Å². The number of anilines is 2. The van der Waals surface area contributed by atoms with Crippen molar-refractivity contribution in [3.63, 3.8) is 0 Å². The van der Waals surface area contributed by atoms with Crippen molar-refractivity contribution in [3.05, 3.63) is 51.0 Å². The molecule has 0 saturated carbocycles. The Morgan fingerprint density at radius 2 is 1.90 bits per heavy atom. The number of aromatic nitrogens is 3. The van der Waals surface area contributed by atoms with Gasteiger partial charge in [0.1, 0.15) is 11.5 Å². The van der Waals surface area contributed by atoms with Gasteiger partial charge in [0, 0.05) is 44.0 Å². The number of hydrogen-bond donors (Lipinski definition) is 2. The molecule has 2 N–H and O–H groups in total. The van der Waals surface area contributed by atoms with E-state index in [-0.39, 0.29) is 18.0 Å². The predicted octanol–water partition coefficient (Wildman–Crippen LogP) is 4.77. The van der Waals surface area contributed by atoms with Gasteiger partial charge in [-0.2, -0.15) is 11.3 Å². The van der Waals surface area contributed by atoms with Gasteiger partial charge < -0.3 is 14.9 Å². The quantitative estimate of drug-likeness (QED) is 0.309. The number of rotatable bonds is 12. The van der Waals surface area contributed by atoms with Crippen molar-refractivity contribution in [3.8, 4) is 0 Å². The number of nitrogens with zero attached hydrogens (tertiary/aromatic N) is 6. The van der Waals surface area contributed by atoms with Gasteiger partial charge in [0.25, 0.3) is 5.91 Å². The minimum absolute atomic E-state index is 0.201. The van der Waals surface area contributed by atoms with E-state index >= 15 is 0 Å². The zero-order valence-electron chi connectivity index (χ0n) is 23.9. The third-order valence-corrected chi connectivity index (χ3v) is 8.37. The summed E-state index contributed by atoms with van der Waals surface area (Å²) in [5, 5.41) is 16.4. The van der Waals surface area contributed by atoms with E-state index in [9.17, 15) is 9.59 Å². The highest BCUT2D eigenvalue weighted by Crippen LogP contribution is 2.24. The molecule has 1 aliphatic heterocycles. The summed E-state index contributed by atoms with van der Waals surface area (Å²) in [6, 6.07) is 2.10. The first-order chi connectivity index (χ1) is 19.2. The molecule has 0 atom stereocenters. The topological polar surface area (TPSA) is 115 Å². The van der Waals surface area contributed by atoms with Gasteiger partial charge in [0.2, 0.25) is 0 Å². The summed E-state index contributed by atoms with van der Waals surface area (Å²) in [6.45, 7) is 12.2. The number of carbonyl (C=O) groups excluding carboxylic acids is 1. The first kappa shape index (κ1) is 31.6. The summed E-state index contributed by atoms with van der Waals surface area (Å²) < 4.78 is 0. The fourth-order valence-electron chi connectivity index (χ4n) is 4.13. The van der Waals surface area contributed by atoms with Crippen molar-refractivity contribution >= 4 is 45.5 Å². The summed E-state index contributed by atoms with van der Waals surface area (Å²) in [6.07, 6.45) is 6.33. The Bertz CT molecular complexity index is 1180. The molecule has 0 spiro atoms. The third kappa shape index (κ3) is 10.6. The maximum atomic E-state index is 12.7. The summed E-state index contributed by atoms with van der Waals surface area (Å²) >= 11 is 3.24. The molecule has 1 saturated heterocycles. The van der Waals surface area contributed by atoms with E-state index in [1.165, 1.54) is 23.1 Å². The molecule has 1 amide bonds. The van der Waals surface area contributed by atoms with E-state index in [1.807, 2.05) is 6.92 Å². The Kier molecular flexibility index (Phi) is 12.9. The van der Waals surface area contributed by atoms with Gasteiger partial charge in [-0.1, -0.05) is 13.3 Å². The van der Waals surface area contributed by atoms with Crippen LogP contribution in [-0.2, 0) is 11.3 Å². The Morgan fingerprint density at radius 3 is 2.48 bits per heavy atom. The molecule has 218 valence electrons. The number of piperazine rings is 1. The molecule has 12 heteroatoms. The van der Waals surface area contributed by atoms with Crippen LogP contribution in [0.3, 0.4) is 0 Å². The van der Waals surface area contributed by atoms with E-state index in [4.69, 9.17) is 5.11 Å². The lowest BCUT2D eigenvalue weighted by Crippen LogP contribution is -2.47. The zero-order chi connectivity index (χ0) is 28.9. The second-order valence-electron chi connectivity index (χ2n) is 9.96. The highest BCUT2D eigenvalue weighted by Gasteiger charge is 2.19. The summed E-state index contributed by atoms with van der Waals surface area (Å²) in [5.41, 5.74) is 2.55. The smallest absolute Gasteiger partial charge is 0.303 e. The van der Waals surface area contributed by atoms with Crippen molar-refractivity contribution < 1.29 is 14.7 Å². The standard InChI is InChI=1S/C23H35N7O3S.C5H6S/c1-4-5-8-28(3)16-19-17(2)26-23(34-19)27-22(33)18-14-25-20(15-24-18)30-12-10-29(11-13-30)9-6-7-21(31)32;1-5-2-3-6-4-5/h14-15H,4-13,16H2,1-3H3,(H,31,32)(H,26,27,33);2-4H,1H3. The van der Waals surface area contributed by atoms with E-state index in [0.717, 1.165) is 75.0 Å². The van der Waals surface area contributed by atoms with Crippen LogP contribution in [-0.4, -0.2) is 88.1 Å². The molecular formula is C28H41N7O3S2. The first-order valence-corrected chi connectivity index (χ1v) is 15.5. The first-order valence-electron chi connectivity index (χ1n) is 13.7. The van der Waals surface area contributed by atoms with Crippen LogP contribution in [0.2, 0.25) is 0 Å². The van der Waals surface area contributed by atoms with Gasteiger partial charge in [0.15, 0.2) is 5.13 Å². The number of aryl methyl sites for hydroxylation is 2. The van der Waals surface area contributed by atoms with Crippen LogP contribution in [0.4, 0.5) is 10.9 Å². The molecule has 0 aromatic carbocycles. The average Bonchev–Trinajstić information content (AvgIpc) is 3.55. The normalized spacial score (nSPS) is 13.7. The molecule has 40 heavy (non-hydrogen) atoms. The Balaban J connectivity index is 0.000000649. The number of carbonyl (C=O) groups is 2. The minimum atomic E-state index is -0.751. The number of carboxylic acid groups (broad SMARTS) is 1. The molecule has 0 unspecified atom stereocenters. The number of aliphatic carboxylic acids is 1. The van der Waals surface area contributed by atoms with Gasteiger partial charge in [-0.05, 0) is 69.2 Å². The highest BCUT2D eigenvalue weighted by molar-refractivity contribution is 7.15. The van der Waals surface area contributed by atoms with Crippen molar-refractivity contribution in [1.82, 2.24) is 24.8 Å². The molecule has 3 aromatic heterocycles. The van der Waals surface area contributed by atoms with Crippen LogP contribution in [0, 0.1) is 13.8 Å². The highest BCUT2D eigenvalue weighted by atomic mass is 32.1. The number of thiazole rings is 1. The molecule has 4 rings (SSSR count). The fraction of sp³-hybridized carbons (Fsp3) is 0.536. The van der Waals surface area contributed by atoms with Crippen molar-refractivity contribution in [2.24, 2.45) is 0 Å². The van der Waals surface area contributed by atoms with Crippen LogP contribution in [0.5, 0.6) is 0 Å². The second kappa shape index (κ2) is 16.4. The van der Waals surface area contributed by atoms with Crippen molar-refractivity contribution in [1.29, 1.82) is 0 Å². The third-order valence-electron chi connectivity index (χ3n) is 6.52. The molecule has 3 aromatic rings. The van der Waals surface area contributed by atoms with E-state index < -0.39 is 5.97 Å². The van der Waals surface area contributed by atoms with E-state index in [0.29, 0.717) is 11.6 Å². The molecule has 0 aliphatic carbocycles. The Morgan fingerprint density at radius 1 is 1.12 bits per heavy atom. The minimum Gasteiger partial charge on any atom is -0.481 e. The van der Waals surface area contributed by atoms with Crippen LogP contribution in [0.15, 0.2) is 29.2 Å².